The van der Waals surface area contributed by atoms with Crippen molar-refractivity contribution < 1.29 is 9.15 Å². The number of guanidine groups is 1. The van der Waals surface area contributed by atoms with E-state index in [1.165, 1.54) is 11.3 Å². The van der Waals surface area contributed by atoms with Crippen molar-refractivity contribution in [3.63, 3.8) is 0 Å². The molecule has 2 heterocycles. The van der Waals surface area contributed by atoms with Gasteiger partial charge < -0.3 is 24.3 Å². The molecule has 0 amide bonds. The lowest BCUT2D eigenvalue weighted by atomic mass is 10.1. The minimum atomic E-state index is 0. The Morgan fingerprint density at radius 2 is 1.88 bits per heavy atom. The second kappa shape index (κ2) is 11.9. The number of rotatable bonds is 6. The number of methoxy groups -OCH3 is 1. The van der Waals surface area contributed by atoms with Crippen LogP contribution in [0.15, 0.2) is 64.2 Å². The van der Waals surface area contributed by atoms with Gasteiger partial charge in [0.1, 0.15) is 12.0 Å². The molecule has 1 saturated heterocycles. The highest BCUT2D eigenvalue weighted by molar-refractivity contribution is 14.0. The molecular weight excluding hydrogens is 529 g/mol. The molecule has 7 nitrogen and oxygen atoms in total. The van der Waals surface area contributed by atoms with Crippen LogP contribution in [0.4, 0.5) is 5.69 Å². The highest BCUT2D eigenvalue weighted by atomic mass is 127. The minimum absolute atomic E-state index is 0. The standard InChI is InChI=1S/C25H31N5O2.HI/c1-19-7-9-20(10-8-19)24-28-21(18-32-24)11-12-27-25(26-2)30-15-13-29(14-16-30)22-5-4-6-23(17-22)31-3;/h4-10,17-18H,11-16H2,1-3H3,(H,26,27);1H. The quantitative estimate of drug-likeness (QED) is 0.276. The van der Waals surface area contributed by atoms with Crippen LogP contribution in [0.2, 0.25) is 0 Å². The molecule has 0 atom stereocenters. The van der Waals surface area contributed by atoms with Crippen molar-refractivity contribution in [2.24, 2.45) is 4.99 Å². The number of aryl methyl sites for hydroxylation is 1. The lowest BCUT2D eigenvalue weighted by Gasteiger charge is -2.37. The van der Waals surface area contributed by atoms with Crippen molar-refractivity contribution >= 4 is 35.6 Å². The smallest absolute Gasteiger partial charge is 0.226 e. The van der Waals surface area contributed by atoms with Gasteiger partial charge in [0.05, 0.1) is 12.8 Å². The summed E-state index contributed by atoms with van der Waals surface area (Å²) in [6.07, 6.45) is 2.52. The summed E-state index contributed by atoms with van der Waals surface area (Å²) in [5, 5.41) is 3.47. The lowest BCUT2D eigenvalue weighted by molar-refractivity contribution is 0.372. The van der Waals surface area contributed by atoms with E-state index in [9.17, 15) is 0 Å². The Bertz CT molecular complexity index is 1040. The van der Waals surface area contributed by atoms with Gasteiger partial charge in [0.2, 0.25) is 5.89 Å². The number of benzene rings is 2. The van der Waals surface area contributed by atoms with Gasteiger partial charge in [0, 0.05) is 63.5 Å². The van der Waals surface area contributed by atoms with E-state index >= 15 is 0 Å². The van der Waals surface area contributed by atoms with Gasteiger partial charge in [-0.15, -0.1) is 24.0 Å². The second-order valence-corrected chi connectivity index (χ2v) is 7.91. The molecule has 1 fully saturated rings. The molecule has 3 aromatic rings. The zero-order chi connectivity index (χ0) is 22.3. The molecule has 0 aliphatic carbocycles. The number of aliphatic imine (C=N–C) groups is 1. The normalized spacial score (nSPS) is 14.1. The second-order valence-electron chi connectivity index (χ2n) is 7.91. The van der Waals surface area contributed by atoms with Gasteiger partial charge in [-0.3, -0.25) is 4.99 Å². The van der Waals surface area contributed by atoms with Crippen LogP contribution in [0.5, 0.6) is 5.75 Å². The number of piperazine rings is 1. The van der Waals surface area contributed by atoms with Gasteiger partial charge in [-0.2, -0.15) is 0 Å². The lowest BCUT2D eigenvalue weighted by Crippen LogP contribution is -2.52. The third-order valence-electron chi connectivity index (χ3n) is 5.72. The van der Waals surface area contributed by atoms with E-state index < -0.39 is 0 Å². The highest BCUT2D eigenvalue weighted by Crippen LogP contribution is 2.22. The SMILES string of the molecule is CN=C(NCCc1coc(-c2ccc(C)cc2)n1)N1CCN(c2cccc(OC)c2)CC1.I. The van der Waals surface area contributed by atoms with Gasteiger partial charge >= 0.3 is 0 Å². The van der Waals surface area contributed by atoms with Crippen molar-refractivity contribution in [2.75, 3.05) is 51.8 Å². The van der Waals surface area contributed by atoms with Gasteiger partial charge in [-0.1, -0.05) is 23.8 Å². The van der Waals surface area contributed by atoms with Crippen LogP contribution in [0.3, 0.4) is 0 Å². The molecule has 1 aliphatic rings. The largest absolute Gasteiger partial charge is 0.497 e. The zero-order valence-corrected chi connectivity index (χ0v) is 21.8. The maximum absolute atomic E-state index is 5.67. The first-order chi connectivity index (χ1) is 15.7. The van der Waals surface area contributed by atoms with E-state index in [1.54, 1.807) is 13.4 Å². The summed E-state index contributed by atoms with van der Waals surface area (Å²) in [6.45, 7) is 6.54. The first kappa shape index (κ1) is 24.9. The summed E-state index contributed by atoms with van der Waals surface area (Å²) >= 11 is 0. The van der Waals surface area contributed by atoms with Crippen molar-refractivity contribution in [1.29, 1.82) is 0 Å². The number of nitrogens with zero attached hydrogens (tertiary/aromatic N) is 4. The number of oxazole rings is 1. The van der Waals surface area contributed by atoms with Crippen LogP contribution in [-0.4, -0.2) is 62.7 Å². The van der Waals surface area contributed by atoms with Crippen LogP contribution >= 0.6 is 24.0 Å². The summed E-state index contributed by atoms with van der Waals surface area (Å²) in [7, 11) is 3.54. The Kier molecular flexibility index (Phi) is 8.99. The van der Waals surface area contributed by atoms with E-state index in [0.717, 1.165) is 62.1 Å². The van der Waals surface area contributed by atoms with Crippen LogP contribution in [0, 0.1) is 6.92 Å². The monoisotopic (exact) mass is 561 g/mol. The first-order valence-electron chi connectivity index (χ1n) is 11.0. The van der Waals surface area contributed by atoms with Crippen LogP contribution in [0.25, 0.3) is 11.5 Å². The fraction of sp³-hybridized carbons (Fsp3) is 0.360. The van der Waals surface area contributed by atoms with Gasteiger partial charge in [0.15, 0.2) is 5.96 Å². The molecule has 2 aromatic carbocycles. The van der Waals surface area contributed by atoms with Crippen molar-refractivity contribution in [2.45, 2.75) is 13.3 Å². The number of hydrogen-bond acceptors (Lipinski definition) is 5. The molecule has 1 aliphatic heterocycles. The Morgan fingerprint density at radius 1 is 1.12 bits per heavy atom. The van der Waals surface area contributed by atoms with Crippen molar-refractivity contribution in [3.8, 4) is 17.2 Å². The average molecular weight is 561 g/mol. The van der Waals surface area contributed by atoms with Crippen LogP contribution in [-0.2, 0) is 6.42 Å². The van der Waals surface area contributed by atoms with E-state index in [4.69, 9.17) is 9.15 Å². The first-order valence-corrected chi connectivity index (χ1v) is 11.0. The van der Waals surface area contributed by atoms with E-state index in [2.05, 4.69) is 56.3 Å². The van der Waals surface area contributed by atoms with Crippen LogP contribution < -0.4 is 15.0 Å². The Morgan fingerprint density at radius 3 is 2.58 bits per heavy atom. The molecule has 0 unspecified atom stereocenters. The molecule has 1 aromatic heterocycles. The minimum Gasteiger partial charge on any atom is -0.497 e. The van der Waals surface area contributed by atoms with E-state index in [1.807, 2.05) is 31.3 Å². The number of nitrogens with one attached hydrogen (secondary N) is 1. The summed E-state index contributed by atoms with van der Waals surface area (Å²) in [5.41, 5.74) is 4.36. The molecule has 1 N–H and O–H groups in total. The van der Waals surface area contributed by atoms with Crippen molar-refractivity contribution in [1.82, 2.24) is 15.2 Å². The maximum Gasteiger partial charge on any atom is 0.226 e. The predicted octanol–water partition coefficient (Wildman–Crippen LogP) is 4.22. The number of halogens is 1. The molecule has 0 bridgehead atoms. The van der Waals surface area contributed by atoms with E-state index in [0.29, 0.717) is 5.89 Å². The summed E-state index contributed by atoms with van der Waals surface area (Å²) in [6, 6.07) is 16.4. The average Bonchev–Trinajstić information content (AvgIpc) is 3.31. The number of ether oxygens (including phenoxy) is 1. The molecule has 8 heteroatoms. The molecular formula is C25H32IN5O2. The van der Waals surface area contributed by atoms with Gasteiger partial charge in [-0.25, -0.2) is 4.98 Å². The number of aromatic nitrogens is 1. The van der Waals surface area contributed by atoms with E-state index in [-0.39, 0.29) is 24.0 Å². The molecule has 33 heavy (non-hydrogen) atoms. The Labute approximate surface area is 212 Å². The predicted molar refractivity (Wildman–Crippen MR) is 144 cm³/mol. The van der Waals surface area contributed by atoms with Crippen LogP contribution in [0.1, 0.15) is 11.3 Å². The summed E-state index contributed by atoms with van der Waals surface area (Å²) in [4.78, 5) is 13.8. The Hall–Kier alpha value is -2.75. The summed E-state index contributed by atoms with van der Waals surface area (Å²) < 4.78 is 11.0. The molecule has 4 rings (SSSR count). The number of anilines is 1. The summed E-state index contributed by atoms with van der Waals surface area (Å²) in [5.74, 6) is 2.48. The molecule has 176 valence electrons. The van der Waals surface area contributed by atoms with Gasteiger partial charge in [-0.05, 0) is 31.2 Å². The third kappa shape index (κ3) is 6.40. The zero-order valence-electron chi connectivity index (χ0n) is 19.5. The maximum atomic E-state index is 5.67. The molecule has 0 saturated carbocycles. The highest BCUT2D eigenvalue weighted by Gasteiger charge is 2.20. The van der Waals surface area contributed by atoms with Crippen molar-refractivity contribution in [3.05, 3.63) is 66.1 Å². The molecule has 0 radical (unpaired) electrons. The third-order valence-corrected chi connectivity index (χ3v) is 5.72. The Balaban J connectivity index is 0.00000306. The topological polar surface area (TPSA) is 66.1 Å². The fourth-order valence-corrected chi connectivity index (χ4v) is 3.87. The van der Waals surface area contributed by atoms with Gasteiger partial charge in [0.25, 0.3) is 0 Å². The number of hydrogen-bond donors (Lipinski definition) is 1. The molecule has 0 spiro atoms. The fourth-order valence-electron chi connectivity index (χ4n) is 3.87.